The van der Waals surface area contributed by atoms with Gasteiger partial charge in [0.25, 0.3) is 0 Å². The van der Waals surface area contributed by atoms with Gasteiger partial charge in [-0.25, -0.2) is 0 Å². The molecule has 1 amide bonds. The van der Waals surface area contributed by atoms with Crippen molar-refractivity contribution in [2.75, 3.05) is 20.2 Å². The molecule has 0 radical (unpaired) electrons. The monoisotopic (exact) mass is 243 g/mol. The number of carbonyl (C=O) groups is 1. The highest BCUT2D eigenvalue weighted by Gasteiger charge is 2.07. The Morgan fingerprint density at radius 1 is 1.00 bits per heavy atom. The smallest absolute Gasteiger partial charge is 0.222 e. The molecule has 0 fully saturated rings. The molecular weight excluding hydrogens is 214 g/mol. The fourth-order valence-corrected chi connectivity index (χ4v) is 1.83. The molecule has 0 heterocycles. The van der Waals surface area contributed by atoms with Crippen LogP contribution in [0.5, 0.6) is 0 Å². The molecule has 3 nitrogen and oxygen atoms in total. The molecule has 0 aromatic carbocycles. The molecule has 0 aliphatic carbocycles. The van der Waals surface area contributed by atoms with Gasteiger partial charge in [-0.15, -0.1) is 0 Å². The Kier molecular flexibility index (Phi) is 11.5. The van der Waals surface area contributed by atoms with E-state index in [1.54, 1.807) is 0 Å². The molecule has 1 N–H and O–H groups in total. The highest BCUT2D eigenvalue weighted by Crippen LogP contribution is 2.06. The Hall–Kier alpha value is -0.570. The minimum Gasteiger partial charge on any atom is -0.396 e. The van der Waals surface area contributed by atoms with Crippen LogP contribution in [0.25, 0.3) is 0 Å². The number of aliphatic hydroxyl groups is 1. The standard InChI is InChI=1S/C14H29NO2/c1-3-4-5-8-11-14(17)15(2)12-9-6-7-10-13-16/h16H,3-13H2,1-2H3. The van der Waals surface area contributed by atoms with Crippen LogP contribution in [0.1, 0.15) is 64.7 Å². The van der Waals surface area contributed by atoms with Crippen LogP contribution in [0.3, 0.4) is 0 Å². The molecule has 0 aromatic rings. The maximum absolute atomic E-state index is 11.7. The van der Waals surface area contributed by atoms with Crippen LogP contribution in [0.15, 0.2) is 0 Å². The van der Waals surface area contributed by atoms with Crippen LogP contribution in [-0.4, -0.2) is 36.1 Å². The van der Waals surface area contributed by atoms with Crippen LogP contribution in [0, 0.1) is 0 Å². The van der Waals surface area contributed by atoms with Crippen LogP contribution < -0.4 is 0 Å². The molecule has 0 saturated heterocycles. The highest BCUT2D eigenvalue weighted by molar-refractivity contribution is 5.75. The predicted octanol–water partition coefficient (Wildman–Crippen LogP) is 2.97. The van der Waals surface area contributed by atoms with Gasteiger partial charge in [0.1, 0.15) is 0 Å². The molecule has 0 bridgehead atoms. The Balaban J connectivity index is 3.40. The minimum absolute atomic E-state index is 0.281. The largest absolute Gasteiger partial charge is 0.396 e. The van der Waals surface area contributed by atoms with Crippen molar-refractivity contribution in [3.8, 4) is 0 Å². The number of aliphatic hydroxyl groups excluding tert-OH is 1. The lowest BCUT2D eigenvalue weighted by atomic mass is 10.1. The van der Waals surface area contributed by atoms with Crippen molar-refractivity contribution in [1.82, 2.24) is 4.90 Å². The third-order valence-electron chi connectivity index (χ3n) is 3.07. The van der Waals surface area contributed by atoms with Gasteiger partial charge >= 0.3 is 0 Å². The summed E-state index contributed by atoms with van der Waals surface area (Å²) in [6, 6.07) is 0. The van der Waals surface area contributed by atoms with E-state index in [1.807, 2.05) is 11.9 Å². The van der Waals surface area contributed by atoms with E-state index in [1.165, 1.54) is 19.3 Å². The molecule has 17 heavy (non-hydrogen) atoms. The molecule has 0 spiro atoms. The van der Waals surface area contributed by atoms with E-state index in [2.05, 4.69) is 6.92 Å². The first-order chi connectivity index (χ1) is 8.22. The molecule has 102 valence electrons. The Labute approximate surface area is 106 Å². The summed E-state index contributed by atoms with van der Waals surface area (Å²) in [6.07, 6.45) is 9.46. The Morgan fingerprint density at radius 2 is 1.65 bits per heavy atom. The average Bonchev–Trinajstić information content (AvgIpc) is 2.34. The lowest BCUT2D eigenvalue weighted by molar-refractivity contribution is -0.130. The molecule has 3 heteroatoms. The second-order valence-electron chi connectivity index (χ2n) is 4.76. The van der Waals surface area contributed by atoms with Crippen molar-refractivity contribution in [1.29, 1.82) is 0 Å². The molecule has 0 rings (SSSR count). The summed E-state index contributed by atoms with van der Waals surface area (Å²) in [5.74, 6) is 0.281. The molecule has 0 saturated carbocycles. The normalized spacial score (nSPS) is 10.5. The van der Waals surface area contributed by atoms with Gasteiger partial charge in [0.2, 0.25) is 5.91 Å². The zero-order valence-corrected chi connectivity index (χ0v) is 11.6. The lowest BCUT2D eigenvalue weighted by Crippen LogP contribution is -2.27. The topological polar surface area (TPSA) is 40.5 Å². The third-order valence-corrected chi connectivity index (χ3v) is 3.07. The van der Waals surface area contributed by atoms with Gasteiger partial charge in [0.05, 0.1) is 0 Å². The van der Waals surface area contributed by atoms with Crippen molar-refractivity contribution < 1.29 is 9.90 Å². The fraction of sp³-hybridized carbons (Fsp3) is 0.929. The fourth-order valence-electron chi connectivity index (χ4n) is 1.83. The first kappa shape index (κ1) is 16.4. The first-order valence-corrected chi connectivity index (χ1v) is 7.07. The van der Waals surface area contributed by atoms with Crippen LogP contribution in [0.4, 0.5) is 0 Å². The summed E-state index contributed by atoms with van der Waals surface area (Å²) in [7, 11) is 1.90. The van der Waals surface area contributed by atoms with Crippen molar-refractivity contribution in [3.63, 3.8) is 0 Å². The Morgan fingerprint density at radius 3 is 2.29 bits per heavy atom. The number of unbranched alkanes of at least 4 members (excludes halogenated alkanes) is 6. The van der Waals surface area contributed by atoms with E-state index in [4.69, 9.17) is 5.11 Å². The average molecular weight is 243 g/mol. The second-order valence-corrected chi connectivity index (χ2v) is 4.76. The molecular formula is C14H29NO2. The zero-order valence-electron chi connectivity index (χ0n) is 11.6. The summed E-state index contributed by atoms with van der Waals surface area (Å²) in [5.41, 5.74) is 0. The molecule has 0 atom stereocenters. The summed E-state index contributed by atoms with van der Waals surface area (Å²) < 4.78 is 0. The van der Waals surface area contributed by atoms with Crippen molar-refractivity contribution in [3.05, 3.63) is 0 Å². The number of nitrogens with zero attached hydrogens (tertiary/aromatic N) is 1. The van der Waals surface area contributed by atoms with Gasteiger partial charge in [-0.05, 0) is 19.3 Å². The molecule has 0 aliphatic heterocycles. The number of rotatable bonds is 11. The van der Waals surface area contributed by atoms with Crippen molar-refractivity contribution in [2.45, 2.75) is 64.7 Å². The summed E-state index contributed by atoms with van der Waals surface area (Å²) >= 11 is 0. The van der Waals surface area contributed by atoms with E-state index < -0.39 is 0 Å². The van der Waals surface area contributed by atoms with Gasteiger partial charge in [-0.1, -0.05) is 39.0 Å². The van der Waals surface area contributed by atoms with Gasteiger partial charge < -0.3 is 10.0 Å². The van der Waals surface area contributed by atoms with E-state index in [9.17, 15) is 4.79 Å². The maximum Gasteiger partial charge on any atom is 0.222 e. The van der Waals surface area contributed by atoms with Gasteiger partial charge in [0.15, 0.2) is 0 Å². The van der Waals surface area contributed by atoms with Gasteiger partial charge in [-0.2, -0.15) is 0 Å². The predicted molar refractivity (Wildman–Crippen MR) is 71.9 cm³/mol. The third kappa shape index (κ3) is 10.3. The summed E-state index contributed by atoms with van der Waals surface area (Å²) in [4.78, 5) is 13.6. The van der Waals surface area contributed by atoms with Crippen LogP contribution in [-0.2, 0) is 4.79 Å². The van der Waals surface area contributed by atoms with Crippen molar-refractivity contribution >= 4 is 5.91 Å². The van der Waals surface area contributed by atoms with Crippen LogP contribution in [0.2, 0.25) is 0 Å². The summed E-state index contributed by atoms with van der Waals surface area (Å²) in [5, 5.41) is 8.64. The minimum atomic E-state index is 0.281. The number of amides is 1. The second kappa shape index (κ2) is 11.9. The SMILES string of the molecule is CCCCCCC(=O)N(C)CCCCCCO. The maximum atomic E-state index is 11.7. The number of hydrogen-bond donors (Lipinski definition) is 1. The molecule has 0 aromatic heterocycles. The van der Waals surface area contributed by atoms with Gasteiger partial charge in [-0.3, -0.25) is 4.79 Å². The molecule has 0 aliphatic rings. The Bertz CT molecular complexity index is 183. The van der Waals surface area contributed by atoms with Crippen LogP contribution >= 0.6 is 0 Å². The van der Waals surface area contributed by atoms with E-state index >= 15 is 0 Å². The van der Waals surface area contributed by atoms with E-state index in [-0.39, 0.29) is 12.5 Å². The molecule has 0 unspecified atom stereocenters. The summed E-state index contributed by atoms with van der Waals surface area (Å²) in [6.45, 7) is 3.32. The quantitative estimate of drug-likeness (QED) is 0.567. The lowest BCUT2D eigenvalue weighted by Gasteiger charge is -2.16. The van der Waals surface area contributed by atoms with E-state index in [0.717, 1.165) is 38.6 Å². The number of carbonyl (C=O) groups excluding carboxylic acids is 1. The first-order valence-electron chi connectivity index (χ1n) is 7.07. The highest BCUT2D eigenvalue weighted by atomic mass is 16.2. The number of hydrogen-bond acceptors (Lipinski definition) is 2. The van der Waals surface area contributed by atoms with Crippen molar-refractivity contribution in [2.24, 2.45) is 0 Å². The van der Waals surface area contributed by atoms with Gasteiger partial charge in [0, 0.05) is 26.6 Å². The zero-order chi connectivity index (χ0) is 12.9. The van der Waals surface area contributed by atoms with E-state index in [0.29, 0.717) is 6.42 Å².